The van der Waals surface area contributed by atoms with Crippen molar-refractivity contribution >= 4 is 11.9 Å². The zero-order chi connectivity index (χ0) is 25.6. The molecule has 0 aromatic rings. The van der Waals surface area contributed by atoms with E-state index in [1.54, 1.807) is 0 Å². The van der Waals surface area contributed by atoms with Gasteiger partial charge < -0.3 is 9.47 Å². The molecule has 0 aromatic heterocycles. The van der Waals surface area contributed by atoms with Crippen LogP contribution in [0.5, 0.6) is 0 Å². The minimum Gasteiger partial charge on any atom is -0.465 e. The molecule has 2 atom stereocenters. The first-order chi connectivity index (χ1) is 17.1. The number of carbonyl (C=O) groups is 2. The lowest BCUT2D eigenvalue weighted by Gasteiger charge is -2.29. The SMILES string of the molecule is CCCCCCCCCCCCCCCCCCOC(=O)C1CCCCC1C(=O)OC(CC)CC. The molecule has 0 bridgehead atoms. The largest absolute Gasteiger partial charge is 0.465 e. The minimum atomic E-state index is -0.317. The molecule has 0 aliphatic heterocycles. The van der Waals surface area contributed by atoms with Gasteiger partial charge in [0.1, 0.15) is 6.10 Å². The van der Waals surface area contributed by atoms with E-state index in [9.17, 15) is 9.59 Å². The van der Waals surface area contributed by atoms with Gasteiger partial charge in [0.25, 0.3) is 0 Å². The van der Waals surface area contributed by atoms with Crippen molar-refractivity contribution in [2.75, 3.05) is 6.61 Å². The first kappa shape index (κ1) is 32.0. The van der Waals surface area contributed by atoms with Crippen molar-refractivity contribution in [1.29, 1.82) is 0 Å². The summed E-state index contributed by atoms with van der Waals surface area (Å²) in [7, 11) is 0. The summed E-state index contributed by atoms with van der Waals surface area (Å²) in [6, 6.07) is 0. The smallest absolute Gasteiger partial charge is 0.310 e. The lowest BCUT2D eigenvalue weighted by molar-refractivity contribution is -0.166. The Hall–Kier alpha value is -1.06. The highest BCUT2D eigenvalue weighted by molar-refractivity contribution is 5.82. The van der Waals surface area contributed by atoms with E-state index >= 15 is 0 Å². The quantitative estimate of drug-likeness (QED) is 0.111. The molecule has 1 saturated carbocycles. The van der Waals surface area contributed by atoms with Gasteiger partial charge >= 0.3 is 11.9 Å². The van der Waals surface area contributed by atoms with Crippen LogP contribution >= 0.6 is 0 Å². The molecule has 0 aromatic carbocycles. The van der Waals surface area contributed by atoms with Gasteiger partial charge in [-0.2, -0.15) is 0 Å². The van der Waals surface area contributed by atoms with Crippen LogP contribution in [0, 0.1) is 11.8 Å². The second-order valence-electron chi connectivity index (χ2n) is 10.8. The molecule has 1 aliphatic carbocycles. The molecule has 4 heteroatoms. The second-order valence-corrected chi connectivity index (χ2v) is 10.8. The van der Waals surface area contributed by atoms with Crippen molar-refractivity contribution in [2.24, 2.45) is 11.8 Å². The molecular formula is C31H58O4. The maximum atomic E-state index is 12.7. The average Bonchev–Trinajstić information content (AvgIpc) is 2.88. The zero-order valence-electron chi connectivity index (χ0n) is 23.6. The molecule has 1 fully saturated rings. The molecule has 4 nitrogen and oxygen atoms in total. The predicted molar refractivity (Wildman–Crippen MR) is 146 cm³/mol. The number of carbonyl (C=O) groups excluding carboxylic acids is 2. The Kier molecular flexibility index (Phi) is 20.2. The lowest BCUT2D eigenvalue weighted by Crippen LogP contribution is -2.36. The standard InChI is InChI=1S/C31H58O4/c1-4-7-8-9-10-11-12-13-14-15-16-17-18-19-20-23-26-34-30(32)28-24-21-22-25-29(28)31(33)35-27(5-2)6-3/h27-29H,4-26H2,1-3H3. The van der Waals surface area contributed by atoms with Crippen LogP contribution in [0.25, 0.3) is 0 Å². The molecule has 206 valence electrons. The van der Waals surface area contributed by atoms with Crippen LogP contribution in [-0.2, 0) is 19.1 Å². The van der Waals surface area contributed by atoms with E-state index in [1.807, 2.05) is 13.8 Å². The fraction of sp³-hybridized carbons (Fsp3) is 0.935. The third-order valence-electron chi connectivity index (χ3n) is 7.81. The van der Waals surface area contributed by atoms with Crippen molar-refractivity contribution in [1.82, 2.24) is 0 Å². The van der Waals surface area contributed by atoms with Gasteiger partial charge in [-0.05, 0) is 32.1 Å². The fourth-order valence-electron chi connectivity index (χ4n) is 5.33. The molecule has 0 heterocycles. The Morgan fingerprint density at radius 3 is 1.43 bits per heavy atom. The number of rotatable bonds is 22. The third kappa shape index (κ3) is 15.6. The molecule has 35 heavy (non-hydrogen) atoms. The average molecular weight is 495 g/mol. The molecule has 1 rings (SSSR count). The van der Waals surface area contributed by atoms with Crippen LogP contribution in [0.3, 0.4) is 0 Å². The Morgan fingerprint density at radius 1 is 0.600 bits per heavy atom. The van der Waals surface area contributed by atoms with Gasteiger partial charge in [0.05, 0.1) is 18.4 Å². The summed E-state index contributed by atoms with van der Waals surface area (Å²) in [6.07, 6.45) is 26.4. The van der Waals surface area contributed by atoms with Gasteiger partial charge in [0.2, 0.25) is 0 Å². The van der Waals surface area contributed by atoms with Crippen molar-refractivity contribution in [2.45, 2.75) is 168 Å². The maximum absolute atomic E-state index is 12.7. The number of hydrogen-bond acceptors (Lipinski definition) is 4. The summed E-state index contributed by atoms with van der Waals surface area (Å²) >= 11 is 0. The molecular weight excluding hydrogens is 436 g/mol. The Morgan fingerprint density at radius 2 is 1.00 bits per heavy atom. The van der Waals surface area contributed by atoms with Crippen LogP contribution in [0.15, 0.2) is 0 Å². The molecule has 0 amide bonds. The van der Waals surface area contributed by atoms with Gasteiger partial charge in [0, 0.05) is 0 Å². The van der Waals surface area contributed by atoms with Gasteiger partial charge in [0.15, 0.2) is 0 Å². The summed E-state index contributed by atoms with van der Waals surface area (Å²) in [5.74, 6) is -1.01. The van der Waals surface area contributed by atoms with Gasteiger partial charge in [-0.1, -0.05) is 130 Å². The van der Waals surface area contributed by atoms with Crippen molar-refractivity contribution < 1.29 is 19.1 Å². The number of hydrogen-bond donors (Lipinski definition) is 0. The zero-order valence-corrected chi connectivity index (χ0v) is 23.6. The molecule has 0 radical (unpaired) electrons. The normalized spacial score (nSPS) is 18.1. The Labute approximate surface area is 217 Å². The molecule has 0 saturated heterocycles. The van der Waals surface area contributed by atoms with Gasteiger partial charge in [-0.25, -0.2) is 0 Å². The highest BCUT2D eigenvalue weighted by Crippen LogP contribution is 2.32. The Bertz CT molecular complexity index is 514. The van der Waals surface area contributed by atoms with E-state index in [1.165, 1.54) is 89.9 Å². The van der Waals surface area contributed by atoms with E-state index in [4.69, 9.17) is 9.47 Å². The predicted octanol–water partition coefficient (Wildman–Crippen LogP) is 9.33. The number of unbranched alkanes of at least 4 members (excludes halogenated alkanes) is 15. The fourth-order valence-corrected chi connectivity index (χ4v) is 5.33. The number of esters is 2. The minimum absolute atomic E-state index is 0.0359. The second kappa shape index (κ2) is 22.2. The maximum Gasteiger partial charge on any atom is 0.310 e. The van der Waals surface area contributed by atoms with Crippen LogP contribution in [-0.4, -0.2) is 24.6 Å². The van der Waals surface area contributed by atoms with Crippen LogP contribution < -0.4 is 0 Å². The molecule has 0 N–H and O–H groups in total. The first-order valence-electron chi connectivity index (χ1n) is 15.5. The summed E-state index contributed by atoms with van der Waals surface area (Å²) in [4.78, 5) is 25.3. The van der Waals surface area contributed by atoms with Gasteiger partial charge in [-0.3, -0.25) is 9.59 Å². The van der Waals surface area contributed by atoms with Crippen LogP contribution in [0.4, 0.5) is 0 Å². The summed E-state index contributed by atoms with van der Waals surface area (Å²) in [5, 5.41) is 0. The highest BCUT2D eigenvalue weighted by atomic mass is 16.5. The monoisotopic (exact) mass is 494 g/mol. The molecule has 2 unspecified atom stereocenters. The first-order valence-corrected chi connectivity index (χ1v) is 15.5. The highest BCUT2D eigenvalue weighted by Gasteiger charge is 2.38. The van der Waals surface area contributed by atoms with E-state index in [0.29, 0.717) is 6.61 Å². The molecule has 1 aliphatic rings. The topological polar surface area (TPSA) is 52.6 Å². The lowest BCUT2D eigenvalue weighted by atomic mass is 9.79. The molecule has 0 spiro atoms. The van der Waals surface area contributed by atoms with Crippen molar-refractivity contribution in [3.63, 3.8) is 0 Å². The van der Waals surface area contributed by atoms with E-state index < -0.39 is 0 Å². The van der Waals surface area contributed by atoms with Gasteiger partial charge in [-0.15, -0.1) is 0 Å². The number of ether oxygens (including phenoxy) is 2. The van der Waals surface area contributed by atoms with E-state index in [0.717, 1.165) is 51.4 Å². The summed E-state index contributed by atoms with van der Waals surface area (Å²) < 4.78 is 11.3. The van der Waals surface area contributed by atoms with Crippen LogP contribution in [0.1, 0.15) is 162 Å². The van der Waals surface area contributed by atoms with Crippen molar-refractivity contribution in [3.05, 3.63) is 0 Å². The summed E-state index contributed by atoms with van der Waals surface area (Å²) in [5.41, 5.74) is 0. The summed E-state index contributed by atoms with van der Waals surface area (Å²) in [6.45, 7) is 6.84. The van der Waals surface area contributed by atoms with E-state index in [2.05, 4.69) is 6.92 Å². The Balaban J connectivity index is 2.00. The van der Waals surface area contributed by atoms with Crippen LogP contribution in [0.2, 0.25) is 0 Å². The van der Waals surface area contributed by atoms with Crippen molar-refractivity contribution in [3.8, 4) is 0 Å². The van der Waals surface area contributed by atoms with E-state index in [-0.39, 0.29) is 29.9 Å². The third-order valence-corrected chi connectivity index (χ3v) is 7.81.